The summed E-state index contributed by atoms with van der Waals surface area (Å²) in [5.41, 5.74) is 1.69. The number of Topliss-reactive ketones (excluding diaryl/α,β-unsaturated/α-hetero) is 1. The molecule has 4 nitrogen and oxygen atoms in total. The number of ketones is 1. The van der Waals surface area contributed by atoms with Crippen molar-refractivity contribution >= 4 is 11.9 Å². The average Bonchev–Trinajstić information content (AvgIpc) is 3.20. The van der Waals surface area contributed by atoms with Gasteiger partial charge in [-0.2, -0.15) is 0 Å². The molecule has 2 aliphatic heterocycles. The Labute approximate surface area is 145 Å². The maximum absolute atomic E-state index is 13.4. The number of rotatable bonds is 3. The first kappa shape index (κ1) is 15.8. The maximum Gasteiger partial charge on any atom is 0.231 e. The Morgan fingerprint density at radius 2 is 2.00 bits per heavy atom. The summed E-state index contributed by atoms with van der Waals surface area (Å²) in [4.78, 5) is 14.0. The smallest absolute Gasteiger partial charge is 0.231 e. The van der Waals surface area contributed by atoms with Crippen LogP contribution in [-0.2, 0) is 6.54 Å². The average molecular weight is 340 g/mol. The third-order valence-electron chi connectivity index (χ3n) is 4.80. The number of nitrogens with one attached hydrogen (secondary N) is 1. The largest absolute Gasteiger partial charge is 0.507 e. The SMILES string of the molecule is O=C1/C(=C\c2cccc(F)c2)Oc2c1ccc(O)c2C[NH+]1CCCC1. The fourth-order valence-electron chi connectivity index (χ4n) is 3.52. The number of aromatic hydroxyl groups is 1. The van der Waals surface area contributed by atoms with E-state index in [1.165, 1.54) is 36.0 Å². The Balaban J connectivity index is 1.68. The van der Waals surface area contributed by atoms with Crippen LogP contribution in [0.5, 0.6) is 11.5 Å². The molecule has 1 fully saturated rings. The zero-order valence-corrected chi connectivity index (χ0v) is 13.7. The summed E-state index contributed by atoms with van der Waals surface area (Å²) in [6.07, 6.45) is 3.89. The van der Waals surface area contributed by atoms with E-state index in [-0.39, 0.29) is 23.1 Å². The second-order valence-electron chi connectivity index (χ2n) is 6.57. The molecule has 2 N–H and O–H groups in total. The van der Waals surface area contributed by atoms with E-state index in [9.17, 15) is 14.3 Å². The molecule has 2 heterocycles. The Morgan fingerprint density at radius 3 is 2.76 bits per heavy atom. The highest BCUT2D eigenvalue weighted by Gasteiger charge is 2.33. The Bertz CT molecular complexity index is 869. The second-order valence-corrected chi connectivity index (χ2v) is 6.57. The minimum Gasteiger partial charge on any atom is -0.507 e. The lowest BCUT2D eigenvalue weighted by Crippen LogP contribution is -3.08. The molecule has 1 saturated heterocycles. The second kappa shape index (κ2) is 6.33. The fraction of sp³-hybridized carbons (Fsp3) is 0.250. The van der Waals surface area contributed by atoms with Gasteiger partial charge in [-0.15, -0.1) is 0 Å². The summed E-state index contributed by atoms with van der Waals surface area (Å²) in [6, 6.07) is 9.13. The molecule has 2 aliphatic rings. The van der Waals surface area contributed by atoms with Crippen molar-refractivity contribution in [3.63, 3.8) is 0 Å². The highest BCUT2D eigenvalue weighted by atomic mass is 19.1. The van der Waals surface area contributed by atoms with Crippen LogP contribution in [0.2, 0.25) is 0 Å². The lowest BCUT2D eigenvalue weighted by atomic mass is 10.0. The van der Waals surface area contributed by atoms with Gasteiger partial charge in [0, 0.05) is 12.8 Å². The number of fused-ring (bicyclic) bond motifs is 1. The van der Waals surface area contributed by atoms with Crippen molar-refractivity contribution < 1.29 is 23.9 Å². The van der Waals surface area contributed by atoms with Crippen molar-refractivity contribution in [3.8, 4) is 11.5 Å². The van der Waals surface area contributed by atoms with E-state index in [0.29, 0.717) is 29.0 Å². The predicted molar refractivity (Wildman–Crippen MR) is 91.1 cm³/mol. The van der Waals surface area contributed by atoms with Crippen LogP contribution in [0, 0.1) is 5.82 Å². The van der Waals surface area contributed by atoms with Crippen LogP contribution in [0.4, 0.5) is 4.39 Å². The molecule has 0 atom stereocenters. The predicted octanol–water partition coefficient (Wildman–Crippen LogP) is 2.33. The highest BCUT2D eigenvalue weighted by molar-refractivity contribution is 6.14. The van der Waals surface area contributed by atoms with Gasteiger partial charge in [-0.3, -0.25) is 4.79 Å². The topological polar surface area (TPSA) is 51.0 Å². The van der Waals surface area contributed by atoms with E-state index in [1.54, 1.807) is 24.3 Å². The number of quaternary nitrogens is 1. The zero-order valence-electron chi connectivity index (χ0n) is 13.7. The van der Waals surface area contributed by atoms with Gasteiger partial charge >= 0.3 is 0 Å². The number of phenols is 1. The van der Waals surface area contributed by atoms with Crippen LogP contribution in [0.25, 0.3) is 6.08 Å². The van der Waals surface area contributed by atoms with Gasteiger partial charge in [0.2, 0.25) is 5.78 Å². The maximum atomic E-state index is 13.4. The molecule has 25 heavy (non-hydrogen) atoms. The van der Waals surface area contributed by atoms with Gasteiger partial charge in [0.15, 0.2) is 11.5 Å². The molecule has 5 heteroatoms. The van der Waals surface area contributed by atoms with Crippen molar-refractivity contribution in [2.45, 2.75) is 19.4 Å². The number of phenolic OH excluding ortho intramolecular Hbond substituents is 1. The van der Waals surface area contributed by atoms with E-state index in [2.05, 4.69) is 0 Å². The van der Waals surface area contributed by atoms with E-state index < -0.39 is 0 Å². The van der Waals surface area contributed by atoms with Crippen molar-refractivity contribution in [2.24, 2.45) is 0 Å². The summed E-state index contributed by atoms with van der Waals surface area (Å²) in [5, 5.41) is 10.3. The van der Waals surface area contributed by atoms with Crippen molar-refractivity contribution in [3.05, 3.63) is 64.7 Å². The fourth-order valence-corrected chi connectivity index (χ4v) is 3.52. The summed E-state index contributed by atoms with van der Waals surface area (Å²) >= 11 is 0. The minimum absolute atomic E-state index is 0.151. The Kier molecular flexibility index (Phi) is 4.01. The van der Waals surface area contributed by atoms with Crippen LogP contribution in [0.3, 0.4) is 0 Å². The highest BCUT2D eigenvalue weighted by Crippen LogP contribution is 2.39. The van der Waals surface area contributed by atoms with Gasteiger partial charge in [-0.1, -0.05) is 12.1 Å². The first-order valence-electron chi connectivity index (χ1n) is 8.50. The van der Waals surface area contributed by atoms with Crippen LogP contribution in [0.1, 0.15) is 34.3 Å². The first-order valence-corrected chi connectivity index (χ1v) is 8.50. The Hall–Kier alpha value is -2.66. The lowest BCUT2D eigenvalue weighted by Gasteiger charge is -2.15. The molecular formula is C20H19FNO3+. The van der Waals surface area contributed by atoms with Crippen LogP contribution >= 0.6 is 0 Å². The Morgan fingerprint density at radius 1 is 1.20 bits per heavy atom. The number of benzene rings is 2. The van der Waals surface area contributed by atoms with Gasteiger partial charge in [0.25, 0.3) is 0 Å². The van der Waals surface area contributed by atoms with E-state index in [0.717, 1.165) is 13.1 Å². The molecule has 2 aromatic carbocycles. The molecule has 2 aromatic rings. The number of carbonyl (C=O) groups excluding carboxylic acids is 1. The van der Waals surface area contributed by atoms with Crippen molar-refractivity contribution in [1.82, 2.24) is 0 Å². The monoisotopic (exact) mass is 340 g/mol. The molecule has 0 aromatic heterocycles. The summed E-state index contributed by atoms with van der Waals surface area (Å²) in [5.74, 6) is 0.138. The van der Waals surface area contributed by atoms with Gasteiger partial charge in [0.05, 0.1) is 24.2 Å². The van der Waals surface area contributed by atoms with E-state index in [1.807, 2.05) is 0 Å². The number of carbonyl (C=O) groups is 1. The standard InChI is InChI=1S/C20H18FNO3/c21-14-5-3-4-13(10-14)11-18-19(24)15-6-7-17(23)16(20(15)25-18)12-22-8-1-2-9-22/h3-7,10-11,23H,1-2,8-9,12H2/p+1/b18-11+. The molecular weight excluding hydrogens is 321 g/mol. The molecule has 128 valence electrons. The van der Waals surface area contributed by atoms with E-state index >= 15 is 0 Å². The quantitative estimate of drug-likeness (QED) is 0.843. The summed E-state index contributed by atoms with van der Waals surface area (Å²) in [7, 11) is 0. The third-order valence-corrected chi connectivity index (χ3v) is 4.80. The lowest BCUT2D eigenvalue weighted by molar-refractivity contribution is -0.901. The number of ether oxygens (including phenoxy) is 1. The summed E-state index contributed by atoms with van der Waals surface area (Å²) < 4.78 is 19.2. The number of halogens is 1. The molecule has 4 rings (SSSR count). The molecule has 0 spiro atoms. The third kappa shape index (κ3) is 3.03. The van der Waals surface area contributed by atoms with E-state index in [4.69, 9.17) is 4.74 Å². The number of allylic oxidation sites excluding steroid dienone is 1. The van der Waals surface area contributed by atoms with Crippen LogP contribution in [0.15, 0.2) is 42.2 Å². The summed E-state index contributed by atoms with van der Waals surface area (Å²) in [6.45, 7) is 2.75. The van der Waals surface area contributed by atoms with Gasteiger partial charge in [-0.25, -0.2) is 4.39 Å². The molecule has 0 saturated carbocycles. The molecule has 0 bridgehead atoms. The molecule has 0 radical (unpaired) electrons. The number of hydrogen-bond acceptors (Lipinski definition) is 3. The number of hydrogen-bond donors (Lipinski definition) is 2. The van der Waals surface area contributed by atoms with Crippen LogP contribution < -0.4 is 9.64 Å². The molecule has 0 unspecified atom stereocenters. The van der Waals surface area contributed by atoms with Gasteiger partial charge in [-0.05, 0) is 35.9 Å². The first-order chi connectivity index (χ1) is 12.1. The van der Waals surface area contributed by atoms with Crippen LogP contribution in [-0.4, -0.2) is 24.0 Å². The normalized spacial score (nSPS) is 18.6. The minimum atomic E-state index is -0.367. The van der Waals surface area contributed by atoms with Gasteiger partial charge in [0.1, 0.15) is 18.1 Å². The molecule has 0 amide bonds. The number of likely N-dealkylation sites (tertiary alicyclic amines) is 1. The van der Waals surface area contributed by atoms with Crippen molar-refractivity contribution in [2.75, 3.05) is 13.1 Å². The van der Waals surface area contributed by atoms with Gasteiger partial charge < -0.3 is 14.7 Å². The molecule has 0 aliphatic carbocycles. The zero-order chi connectivity index (χ0) is 17.4. The van der Waals surface area contributed by atoms with Crippen molar-refractivity contribution in [1.29, 1.82) is 0 Å².